The Labute approximate surface area is 242 Å². The van der Waals surface area contributed by atoms with Crippen LogP contribution in [0, 0.1) is 5.82 Å². The van der Waals surface area contributed by atoms with Gasteiger partial charge in [0.15, 0.2) is 0 Å². The highest BCUT2D eigenvalue weighted by Crippen LogP contribution is 2.45. The highest BCUT2D eigenvalue weighted by molar-refractivity contribution is 5.98. The van der Waals surface area contributed by atoms with Crippen LogP contribution in [0.4, 0.5) is 21.7 Å². The minimum atomic E-state index is -0.240. The summed E-state index contributed by atoms with van der Waals surface area (Å²) in [5.74, 6) is 0.115. The van der Waals surface area contributed by atoms with E-state index in [9.17, 15) is 4.79 Å². The molecule has 1 N–H and O–H groups in total. The molecule has 2 saturated heterocycles. The van der Waals surface area contributed by atoms with Gasteiger partial charge in [0.05, 0.1) is 5.69 Å². The van der Waals surface area contributed by atoms with E-state index in [0.29, 0.717) is 29.1 Å². The molecule has 10 heteroatoms. The van der Waals surface area contributed by atoms with E-state index in [2.05, 4.69) is 43.5 Å². The van der Waals surface area contributed by atoms with E-state index in [-0.39, 0.29) is 17.3 Å². The Morgan fingerprint density at radius 3 is 2.44 bits per heavy atom. The monoisotopic (exact) mass is 562 g/mol. The number of nitrogens with zero attached hydrogens (tertiary/aromatic N) is 7. The van der Waals surface area contributed by atoms with Crippen molar-refractivity contribution in [2.24, 2.45) is 0 Å². The Kier molecular flexibility index (Phi) is 7.63. The molecule has 0 atom stereocenters. The molecule has 1 aliphatic carbocycles. The third-order valence-corrected chi connectivity index (χ3v) is 9.65. The van der Waals surface area contributed by atoms with Gasteiger partial charge in [-0.1, -0.05) is 6.92 Å². The number of amides is 1. The molecule has 2 aromatic heterocycles. The third kappa shape index (κ3) is 5.28. The third-order valence-electron chi connectivity index (χ3n) is 9.65. The standard InChI is InChI=1S/C31H43FN8O/c1-5-31(11-6-12-31)40-27(29(41)36(2)3)19-22-21-33-30(35-28(22)40)34-23-7-8-26(25(32)20-23)39-13-9-24(10-14-39)38-17-15-37(4)16-18-38/h7-8,19-21,24H,5-6,9-18H2,1-4H3,(H,33,34,35). The van der Waals surface area contributed by atoms with Crippen LogP contribution in [0.5, 0.6) is 0 Å². The molecule has 0 spiro atoms. The lowest BCUT2D eigenvalue weighted by Gasteiger charge is -2.44. The fraction of sp³-hybridized carbons (Fsp3) is 0.581. The molecule has 0 unspecified atom stereocenters. The van der Waals surface area contributed by atoms with Crippen molar-refractivity contribution in [1.82, 2.24) is 29.2 Å². The molecule has 41 heavy (non-hydrogen) atoms. The van der Waals surface area contributed by atoms with Gasteiger partial charge in [-0.05, 0) is 69.8 Å². The molecule has 0 bridgehead atoms. The van der Waals surface area contributed by atoms with E-state index < -0.39 is 0 Å². The number of carbonyl (C=O) groups excluding carboxylic acids is 1. The van der Waals surface area contributed by atoms with E-state index in [4.69, 9.17) is 4.98 Å². The lowest BCUT2D eigenvalue weighted by Crippen LogP contribution is -2.52. The summed E-state index contributed by atoms with van der Waals surface area (Å²) in [6.45, 7) is 8.41. The number of aromatic nitrogens is 3. The summed E-state index contributed by atoms with van der Waals surface area (Å²) in [6.07, 6.45) is 7.99. The fourth-order valence-corrected chi connectivity index (χ4v) is 6.87. The summed E-state index contributed by atoms with van der Waals surface area (Å²) in [4.78, 5) is 31.3. The van der Waals surface area contributed by atoms with Crippen molar-refractivity contribution in [3.8, 4) is 0 Å². The zero-order valence-corrected chi connectivity index (χ0v) is 24.9. The van der Waals surface area contributed by atoms with Crippen molar-refractivity contribution in [2.45, 2.75) is 57.0 Å². The number of piperidine rings is 1. The number of fused-ring (bicyclic) bond motifs is 1. The molecule has 0 radical (unpaired) electrons. The van der Waals surface area contributed by atoms with Crippen LogP contribution >= 0.6 is 0 Å². The van der Waals surface area contributed by atoms with E-state index in [1.54, 1.807) is 25.2 Å². The number of likely N-dealkylation sites (N-methyl/N-ethyl adjacent to an activating group) is 1. The highest BCUT2D eigenvalue weighted by atomic mass is 19.1. The maximum Gasteiger partial charge on any atom is 0.270 e. The van der Waals surface area contributed by atoms with Crippen LogP contribution in [0.1, 0.15) is 55.9 Å². The second-order valence-electron chi connectivity index (χ2n) is 12.3. The molecular weight excluding hydrogens is 519 g/mol. The van der Waals surface area contributed by atoms with E-state index in [1.807, 2.05) is 18.2 Å². The number of nitrogens with one attached hydrogen (secondary N) is 1. The average Bonchev–Trinajstić information content (AvgIpc) is 3.32. The zero-order chi connectivity index (χ0) is 28.7. The van der Waals surface area contributed by atoms with Gasteiger partial charge >= 0.3 is 0 Å². The first-order valence-corrected chi connectivity index (χ1v) is 15.1. The van der Waals surface area contributed by atoms with Gasteiger partial charge in [0.2, 0.25) is 5.95 Å². The second kappa shape index (κ2) is 11.2. The summed E-state index contributed by atoms with van der Waals surface area (Å²) >= 11 is 0. The summed E-state index contributed by atoms with van der Waals surface area (Å²) in [5, 5.41) is 4.05. The predicted molar refractivity (Wildman–Crippen MR) is 162 cm³/mol. The number of hydrogen-bond acceptors (Lipinski definition) is 7. The van der Waals surface area contributed by atoms with Gasteiger partial charge in [0.1, 0.15) is 17.2 Å². The van der Waals surface area contributed by atoms with Crippen molar-refractivity contribution in [2.75, 3.05) is 70.6 Å². The van der Waals surface area contributed by atoms with Gasteiger partial charge < -0.3 is 24.6 Å². The summed E-state index contributed by atoms with van der Waals surface area (Å²) in [5.41, 5.74) is 2.54. The highest BCUT2D eigenvalue weighted by Gasteiger charge is 2.41. The molecular formula is C31H43FN8O. The SMILES string of the molecule is CCC1(n2c(C(=O)N(C)C)cc3cnc(Nc4ccc(N5CCC(N6CCN(C)CC6)CC5)c(F)c4)nc32)CCC1. The zero-order valence-electron chi connectivity index (χ0n) is 24.9. The Hall–Kier alpha value is -3.24. The van der Waals surface area contributed by atoms with Crippen molar-refractivity contribution < 1.29 is 9.18 Å². The molecule has 6 rings (SSSR count). The second-order valence-corrected chi connectivity index (χ2v) is 12.3. The minimum absolute atomic E-state index is 0.0394. The van der Waals surface area contributed by atoms with E-state index in [1.165, 1.54) is 6.07 Å². The molecule has 9 nitrogen and oxygen atoms in total. The van der Waals surface area contributed by atoms with E-state index in [0.717, 1.165) is 88.8 Å². The Morgan fingerprint density at radius 2 is 1.83 bits per heavy atom. The number of halogens is 1. The van der Waals surface area contributed by atoms with Gasteiger partial charge in [0.25, 0.3) is 5.91 Å². The summed E-state index contributed by atoms with van der Waals surface area (Å²) in [7, 11) is 5.73. The first-order chi connectivity index (χ1) is 19.8. The molecule has 2 aliphatic heterocycles. The largest absolute Gasteiger partial charge is 0.369 e. The molecule has 3 aliphatic rings. The lowest BCUT2D eigenvalue weighted by molar-refractivity contribution is 0.0780. The predicted octanol–water partition coefficient (Wildman–Crippen LogP) is 4.52. The van der Waals surface area contributed by atoms with Crippen LogP contribution in [0.25, 0.3) is 11.0 Å². The first-order valence-electron chi connectivity index (χ1n) is 15.1. The smallest absolute Gasteiger partial charge is 0.270 e. The lowest BCUT2D eigenvalue weighted by atomic mass is 9.74. The van der Waals surface area contributed by atoms with Gasteiger partial charge in [-0.25, -0.2) is 9.37 Å². The van der Waals surface area contributed by atoms with Crippen LogP contribution < -0.4 is 10.2 Å². The van der Waals surface area contributed by atoms with Gasteiger partial charge in [0, 0.05) is 82.2 Å². The first kappa shape index (κ1) is 27.9. The molecule has 1 amide bonds. The van der Waals surface area contributed by atoms with Gasteiger partial charge in [-0.2, -0.15) is 4.98 Å². The molecule has 4 heterocycles. The van der Waals surface area contributed by atoms with Crippen molar-refractivity contribution in [1.29, 1.82) is 0 Å². The van der Waals surface area contributed by atoms with Crippen molar-refractivity contribution >= 4 is 34.3 Å². The van der Waals surface area contributed by atoms with E-state index >= 15 is 4.39 Å². The van der Waals surface area contributed by atoms with Crippen LogP contribution in [0.3, 0.4) is 0 Å². The van der Waals surface area contributed by atoms with Crippen LogP contribution in [0.15, 0.2) is 30.5 Å². The van der Waals surface area contributed by atoms with Gasteiger partial charge in [-0.3, -0.25) is 9.69 Å². The van der Waals surface area contributed by atoms with Crippen LogP contribution in [-0.2, 0) is 5.54 Å². The topological polar surface area (TPSA) is 72.8 Å². The van der Waals surface area contributed by atoms with Crippen LogP contribution in [-0.4, -0.2) is 102 Å². The Bertz CT molecular complexity index is 1400. The fourth-order valence-electron chi connectivity index (χ4n) is 6.87. The van der Waals surface area contributed by atoms with Crippen molar-refractivity contribution in [3.63, 3.8) is 0 Å². The molecule has 1 saturated carbocycles. The molecule has 1 aromatic carbocycles. The molecule has 220 valence electrons. The number of benzene rings is 1. The normalized spacial score (nSPS) is 20.3. The Morgan fingerprint density at radius 1 is 1.10 bits per heavy atom. The summed E-state index contributed by atoms with van der Waals surface area (Å²) < 4.78 is 17.5. The maximum absolute atomic E-state index is 15.4. The average molecular weight is 563 g/mol. The molecule has 3 aromatic rings. The van der Waals surface area contributed by atoms with Gasteiger partial charge in [-0.15, -0.1) is 0 Å². The number of carbonyl (C=O) groups is 1. The minimum Gasteiger partial charge on any atom is -0.369 e. The van der Waals surface area contributed by atoms with Crippen LogP contribution in [0.2, 0.25) is 0 Å². The molecule has 3 fully saturated rings. The number of piperazine rings is 1. The number of anilines is 3. The summed E-state index contributed by atoms with van der Waals surface area (Å²) in [6, 6.07) is 7.80. The quantitative estimate of drug-likeness (QED) is 0.454. The van der Waals surface area contributed by atoms with Crippen molar-refractivity contribution in [3.05, 3.63) is 42.0 Å². The number of hydrogen-bond donors (Lipinski definition) is 1. The maximum atomic E-state index is 15.4. The Balaban J connectivity index is 1.19. The number of rotatable bonds is 7.